The Balaban J connectivity index is 1.64. The number of hydrogen-bond donors (Lipinski definition) is 1. The van der Waals surface area contributed by atoms with Crippen molar-refractivity contribution in [3.8, 4) is 0 Å². The first-order valence-corrected chi connectivity index (χ1v) is 6.99. The predicted molar refractivity (Wildman–Crippen MR) is 74.0 cm³/mol. The summed E-state index contributed by atoms with van der Waals surface area (Å²) in [5, 5.41) is 16.0. The summed E-state index contributed by atoms with van der Waals surface area (Å²) in [5.41, 5.74) is 1.73. The summed E-state index contributed by atoms with van der Waals surface area (Å²) in [4.78, 5) is 3.99. The monoisotopic (exact) mass is 270 g/mol. The summed E-state index contributed by atoms with van der Waals surface area (Å²) in [6, 6.07) is 10.6. The molecular weight excluding hydrogens is 252 g/mol. The molecule has 0 aliphatic carbocycles. The van der Waals surface area contributed by atoms with Crippen molar-refractivity contribution < 1.29 is 0 Å². The Hall–Kier alpha value is -1.79. The topological polar surface area (TPSA) is 58.9 Å². The molecule has 1 spiro atoms. The van der Waals surface area contributed by atoms with Gasteiger partial charge in [-0.05, 0) is 10.8 Å². The van der Waals surface area contributed by atoms with E-state index in [0.717, 1.165) is 32.0 Å². The summed E-state index contributed by atoms with van der Waals surface area (Å²) in [5.74, 6) is 0.792. The minimum Gasteiger partial charge on any atom is -0.315 e. The number of nitrogens with zero attached hydrogens (tertiary/aromatic N) is 5. The van der Waals surface area contributed by atoms with Gasteiger partial charge in [-0.15, -0.1) is 10.2 Å². The van der Waals surface area contributed by atoms with Crippen LogP contribution in [-0.2, 0) is 7.05 Å². The lowest BCUT2D eigenvalue weighted by atomic mass is 9.73. The maximum absolute atomic E-state index is 4.42. The van der Waals surface area contributed by atoms with Crippen molar-refractivity contribution in [2.75, 3.05) is 26.2 Å². The minimum atomic E-state index is 0.121. The number of nitrogens with one attached hydrogen (secondary N) is 1. The Labute approximate surface area is 117 Å². The molecule has 4 rings (SSSR count). The molecule has 104 valence electrons. The van der Waals surface area contributed by atoms with Gasteiger partial charge in [0.15, 0.2) is 5.82 Å². The molecule has 0 bridgehead atoms. The average Bonchev–Trinajstić information content (AvgIpc) is 2.78. The highest BCUT2D eigenvalue weighted by atomic mass is 15.6. The first-order valence-electron chi connectivity index (χ1n) is 6.99. The number of aromatic nitrogens is 4. The fourth-order valence-corrected chi connectivity index (χ4v) is 3.27. The van der Waals surface area contributed by atoms with Gasteiger partial charge in [0, 0.05) is 31.6 Å². The third kappa shape index (κ3) is 1.83. The van der Waals surface area contributed by atoms with Gasteiger partial charge in [-0.25, -0.2) is 0 Å². The van der Waals surface area contributed by atoms with Gasteiger partial charge in [0.05, 0.1) is 13.1 Å². The number of tetrazole rings is 1. The van der Waals surface area contributed by atoms with Gasteiger partial charge in [-0.3, -0.25) is 4.90 Å². The number of benzene rings is 1. The first kappa shape index (κ1) is 12.0. The number of aryl methyl sites for hydroxylation is 1. The normalized spacial score (nSPS) is 22.2. The van der Waals surface area contributed by atoms with E-state index >= 15 is 0 Å². The van der Waals surface area contributed by atoms with Gasteiger partial charge < -0.3 is 5.32 Å². The van der Waals surface area contributed by atoms with E-state index in [1.807, 2.05) is 13.1 Å². The van der Waals surface area contributed by atoms with E-state index in [0.29, 0.717) is 5.41 Å². The molecule has 2 aliphatic rings. The van der Waals surface area contributed by atoms with E-state index in [-0.39, 0.29) is 6.04 Å². The molecule has 6 nitrogen and oxygen atoms in total. The quantitative estimate of drug-likeness (QED) is 0.863. The van der Waals surface area contributed by atoms with Crippen molar-refractivity contribution in [1.82, 2.24) is 30.4 Å². The van der Waals surface area contributed by atoms with Crippen LogP contribution >= 0.6 is 0 Å². The molecule has 1 aromatic heterocycles. The second-order valence-electron chi connectivity index (χ2n) is 5.96. The summed E-state index contributed by atoms with van der Waals surface area (Å²) >= 11 is 0. The second kappa shape index (κ2) is 4.36. The standard InChI is InChI=1S/C14H18N6/c1-19-17-13(16-18-19)12(11-5-3-2-4-6-11)20-9-14(10-20)7-15-8-14/h2-6,12,15H,7-10H2,1H3. The third-order valence-electron chi connectivity index (χ3n) is 4.33. The van der Waals surface area contributed by atoms with E-state index in [2.05, 4.69) is 49.9 Å². The van der Waals surface area contributed by atoms with Crippen molar-refractivity contribution in [3.63, 3.8) is 0 Å². The molecule has 0 amide bonds. The lowest BCUT2D eigenvalue weighted by molar-refractivity contribution is -0.0587. The molecule has 3 heterocycles. The number of hydrogen-bond acceptors (Lipinski definition) is 5. The molecule has 1 aromatic carbocycles. The van der Waals surface area contributed by atoms with Crippen LogP contribution in [0.3, 0.4) is 0 Å². The Kier molecular flexibility index (Phi) is 2.61. The molecule has 2 aromatic rings. The van der Waals surface area contributed by atoms with E-state index in [1.54, 1.807) is 0 Å². The van der Waals surface area contributed by atoms with Gasteiger partial charge in [0.2, 0.25) is 0 Å². The zero-order valence-corrected chi connectivity index (χ0v) is 11.5. The number of likely N-dealkylation sites (tertiary alicyclic amines) is 1. The highest BCUT2D eigenvalue weighted by molar-refractivity contribution is 5.26. The van der Waals surface area contributed by atoms with Crippen LogP contribution in [0.15, 0.2) is 30.3 Å². The van der Waals surface area contributed by atoms with Crippen LogP contribution in [-0.4, -0.2) is 51.3 Å². The summed E-state index contributed by atoms with van der Waals surface area (Å²) in [7, 11) is 1.81. The first-order chi connectivity index (χ1) is 9.76. The Morgan fingerprint density at radius 1 is 1.20 bits per heavy atom. The molecule has 2 fully saturated rings. The van der Waals surface area contributed by atoms with Crippen molar-refractivity contribution in [2.24, 2.45) is 12.5 Å². The Morgan fingerprint density at radius 2 is 1.95 bits per heavy atom. The van der Waals surface area contributed by atoms with Gasteiger partial charge in [0.25, 0.3) is 0 Å². The zero-order chi connectivity index (χ0) is 13.6. The molecule has 20 heavy (non-hydrogen) atoms. The van der Waals surface area contributed by atoms with Gasteiger partial charge in [-0.2, -0.15) is 4.80 Å². The minimum absolute atomic E-state index is 0.121. The molecule has 1 atom stereocenters. The molecule has 6 heteroatoms. The Bertz CT molecular complexity index is 595. The maximum Gasteiger partial charge on any atom is 0.196 e. The fourth-order valence-electron chi connectivity index (χ4n) is 3.27. The SMILES string of the molecule is Cn1nnc(C(c2ccccc2)N2CC3(CNC3)C2)n1. The van der Waals surface area contributed by atoms with Gasteiger partial charge in [-0.1, -0.05) is 30.3 Å². The van der Waals surface area contributed by atoms with Crippen LogP contribution in [0, 0.1) is 5.41 Å². The van der Waals surface area contributed by atoms with Crippen LogP contribution in [0.1, 0.15) is 17.4 Å². The largest absolute Gasteiger partial charge is 0.315 e. The smallest absolute Gasteiger partial charge is 0.196 e. The summed E-state index contributed by atoms with van der Waals surface area (Å²) < 4.78 is 0. The molecule has 0 saturated carbocycles. The van der Waals surface area contributed by atoms with Gasteiger partial charge >= 0.3 is 0 Å². The molecular formula is C14H18N6. The van der Waals surface area contributed by atoms with Gasteiger partial charge in [0.1, 0.15) is 0 Å². The van der Waals surface area contributed by atoms with Crippen LogP contribution in [0.4, 0.5) is 0 Å². The van der Waals surface area contributed by atoms with Crippen molar-refractivity contribution >= 4 is 0 Å². The van der Waals surface area contributed by atoms with Crippen molar-refractivity contribution in [2.45, 2.75) is 6.04 Å². The van der Waals surface area contributed by atoms with E-state index in [1.165, 1.54) is 10.4 Å². The fraction of sp³-hybridized carbons (Fsp3) is 0.500. The lowest BCUT2D eigenvalue weighted by Crippen LogP contribution is -2.71. The van der Waals surface area contributed by atoms with E-state index in [4.69, 9.17) is 0 Å². The third-order valence-corrected chi connectivity index (χ3v) is 4.33. The average molecular weight is 270 g/mol. The predicted octanol–water partition coefficient (Wildman–Crippen LogP) is 0.205. The van der Waals surface area contributed by atoms with E-state index in [9.17, 15) is 0 Å². The molecule has 2 saturated heterocycles. The molecule has 1 N–H and O–H groups in total. The summed E-state index contributed by atoms with van der Waals surface area (Å²) in [6.45, 7) is 4.49. The maximum atomic E-state index is 4.42. The second-order valence-corrected chi connectivity index (χ2v) is 5.96. The van der Waals surface area contributed by atoms with Crippen molar-refractivity contribution in [3.05, 3.63) is 41.7 Å². The summed E-state index contributed by atoms with van der Waals surface area (Å²) in [6.07, 6.45) is 0. The van der Waals surface area contributed by atoms with Crippen LogP contribution in [0.25, 0.3) is 0 Å². The Morgan fingerprint density at radius 3 is 2.50 bits per heavy atom. The molecule has 0 radical (unpaired) electrons. The number of rotatable bonds is 3. The van der Waals surface area contributed by atoms with Crippen molar-refractivity contribution in [1.29, 1.82) is 0 Å². The van der Waals surface area contributed by atoms with Crippen LogP contribution in [0.5, 0.6) is 0 Å². The van der Waals surface area contributed by atoms with E-state index < -0.39 is 0 Å². The van der Waals surface area contributed by atoms with Crippen LogP contribution in [0.2, 0.25) is 0 Å². The highest BCUT2D eigenvalue weighted by Crippen LogP contribution is 2.41. The zero-order valence-electron chi connectivity index (χ0n) is 11.5. The molecule has 2 aliphatic heterocycles. The molecule has 1 unspecified atom stereocenters. The lowest BCUT2D eigenvalue weighted by Gasteiger charge is -2.58. The van der Waals surface area contributed by atoms with Crippen LogP contribution < -0.4 is 5.32 Å². The highest BCUT2D eigenvalue weighted by Gasteiger charge is 2.50.